The molecule has 1 atom stereocenters. The molecule has 5 rings (SSSR count). The standard InChI is InChI=1S/C20H19N3O3S/c1-11(2)7-14-17-18(22-21-14)20(24)23(19(17)12-5-6-27-9-12)13-3-4-15-16(8-13)26-10-25-15/h3-6,8-9,11,19H,7,10H2,1-2H3,(H,21,22). The summed E-state index contributed by atoms with van der Waals surface area (Å²) in [6, 6.07) is 7.53. The minimum absolute atomic E-state index is 0.0671. The molecule has 2 aliphatic rings. The number of rotatable bonds is 4. The zero-order valence-electron chi connectivity index (χ0n) is 15.1. The van der Waals surface area contributed by atoms with E-state index in [9.17, 15) is 4.79 Å². The number of H-pyrrole nitrogens is 1. The summed E-state index contributed by atoms with van der Waals surface area (Å²) in [7, 11) is 0. The predicted molar refractivity (Wildman–Crippen MR) is 103 cm³/mol. The highest BCUT2D eigenvalue weighted by Gasteiger charge is 2.43. The number of fused-ring (bicyclic) bond motifs is 2. The third-order valence-corrected chi connectivity index (χ3v) is 5.64. The number of nitrogens with zero attached hydrogens (tertiary/aromatic N) is 2. The van der Waals surface area contributed by atoms with Crippen LogP contribution in [0.4, 0.5) is 5.69 Å². The summed E-state index contributed by atoms with van der Waals surface area (Å²) in [5.74, 6) is 1.76. The van der Waals surface area contributed by atoms with Crippen molar-refractivity contribution in [2.45, 2.75) is 26.3 Å². The number of amides is 1. The van der Waals surface area contributed by atoms with Gasteiger partial charge in [-0.05, 0) is 46.9 Å². The lowest BCUT2D eigenvalue weighted by Crippen LogP contribution is -2.29. The van der Waals surface area contributed by atoms with Crippen molar-refractivity contribution in [1.82, 2.24) is 10.2 Å². The Balaban J connectivity index is 1.65. The molecule has 2 aromatic heterocycles. The number of anilines is 1. The van der Waals surface area contributed by atoms with Gasteiger partial charge in [-0.25, -0.2) is 0 Å². The highest BCUT2D eigenvalue weighted by molar-refractivity contribution is 7.08. The van der Waals surface area contributed by atoms with E-state index in [1.54, 1.807) is 11.3 Å². The van der Waals surface area contributed by atoms with Gasteiger partial charge in [-0.15, -0.1) is 0 Å². The normalized spacial score (nSPS) is 17.8. The van der Waals surface area contributed by atoms with E-state index in [4.69, 9.17) is 9.47 Å². The Morgan fingerprint density at radius 1 is 1.30 bits per heavy atom. The van der Waals surface area contributed by atoms with Crippen molar-refractivity contribution < 1.29 is 14.3 Å². The van der Waals surface area contributed by atoms with Crippen molar-refractivity contribution >= 4 is 22.9 Å². The van der Waals surface area contributed by atoms with E-state index < -0.39 is 0 Å². The minimum Gasteiger partial charge on any atom is -0.454 e. The first kappa shape index (κ1) is 16.4. The Labute approximate surface area is 160 Å². The number of nitrogens with one attached hydrogen (secondary N) is 1. The van der Waals surface area contributed by atoms with Gasteiger partial charge in [0.2, 0.25) is 6.79 Å². The van der Waals surface area contributed by atoms with E-state index >= 15 is 0 Å². The maximum absolute atomic E-state index is 13.3. The molecular weight excluding hydrogens is 362 g/mol. The van der Waals surface area contributed by atoms with Crippen molar-refractivity contribution in [3.63, 3.8) is 0 Å². The van der Waals surface area contributed by atoms with Gasteiger partial charge in [-0.1, -0.05) is 13.8 Å². The van der Waals surface area contributed by atoms with Crippen LogP contribution in [0.25, 0.3) is 0 Å². The zero-order valence-corrected chi connectivity index (χ0v) is 15.9. The van der Waals surface area contributed by atoms with Gasteiger partial charge >= 0.3 is 0 Å². The maximum atomic E-state index is 13.3. The number of carbonyl (C=O) groups is 1. The van der Waals surface area contributed by atoms with E-state index in [-0.39, 0.29) is 18.7 Å². The van der Waals surface area contributed by atoms with Crippen molar-refractivity contribution in [2.24, 2.45) is 5.92 Å². The van der Waals surface area contributed by atoms with Gasteiger partial charge in [0.25, 0.3) is 5.91 Å². The smallest absolute Gasteiger partial charge is 0.277 e. The fraction of sp³-hybridized carbons (Fsp3) is 0.300. The van der Waals surface area contributed by atoms with Gasteiger partial charge in [-0.2, -0.15) is 16.4 Å². The van der Waals surface area contributed by atoms with Crippen LogP contribution in [0.1, 0.15) is 47.2 Å². The van der Waals surface area contributed by atoms with E-state index in [2.05, 4.69) is 35.5 Å². The van der Waals surface area contributed by atoms with Crippen LogP contribution < -0.4 is 14.4 Å². The number of ether oxygens (including phenoxy) is 2. The number of aromatic nitrogens is 2. The van der Waals surface area contributed by atoms with E-state index in [0.717, 1.165) is 28.9 Å². The summed E-state index contributed by atoms with van der Waals surface area (Å²) < 4.78 is 10.9. The SMILES string of the molecule is CC(C)Cc1n[nH]c2c1C(c1ccsc1)N(c1ccc3c(c1)OCO3)C2=O. The predicted octanol–water partition coefficient (Wildman–Crippen LogP) is 4.15. The van der Waals surface area contributed by atoms with Crippen molar-refractivity contribution in [1.29, 1.82) is 0 Å². The summed E-state index contributed by atoms with van der Waals surface area (Å²) in [5, 5.41) is 11.6. The Hall–Kier alpha value is -2.80. The molecule has 0 spiro atoms. The third-order valence-electron chi connectivity index (χ3n) is 4.94. The molecule has 0 saturated heterocycles. The van der Waals surface area contributed by atoms with Crippen molar-refractivity contribution in [3.05, 3.63) is 57.5 Å². The van der Waals surface area contributed by atoms with Crippen LogP contribution in [0.15, 0.2) is 35.0 Å². The summed E-state index contributed by atoms with van der Waals surface area (Å²) in [4.78, 5) is 15.1. The van der Waals surface area contributed by atoms with Crippen LogP contribution in [0, 0.1) is 5.92 Å². The second-order valence-corrected chi connectivity index (χ2v) is 8.01. The molecule has 1 amide bonds. The van der Waals surface area contributed by atoms with Crippen LogP contribution in [-0.2, 0) is 6.42 Å². The Morgan fingerprint density at radius 3 is 2.93 bits per heavy atom. The molecule has 0 aliphatic carbocycles. The first-order valence-electron chi connectivity index (χ1n) is 8.96. The first-order chi connectivity index (χ1) is 13.1. The summed E-state index contributed by atoms with van der Waals surface area (Å²) in [6.07, 6.45) is 0.828. The Bertz CT molecular complexity index is 1010. The summed E-state index contributed by atoms with van der Waals surface area (Å²) in [5.41, 5.74) is 4.42. The molecule has 138 valence electrons. The molecule has 3 aromatic rings. The van der Waals surface area contributed by atoms with Crippen molar-refractivity contribution in [2.75, 3.05) is 11.7 Å². The average molecular weight is 381 g/mol. The molecule has 1 aromatic carbocycles. The molecule has 0 radical (unpaired) electrons. The largest absolute Gasteiger partial charge is 0.454 e. The second kappa shape index (κ2) is 6.13. The van der Waals surface area contributed by atoms with Crippen LogP contribution in [0.2, 0.25) is 0 Å². The van der Waals surface area contributed by atoms with E-state index in [0.29, 0.717) is 23.1 Å². The number of carbonyl (C=O) groups excluding carboxylic acids is 1. The summed E-state index contributed by atoms with van der Waals surface area (Å²) in [6.45, 7) is 4.53. The van der Waals surface area contributed by atoms with E-state index in [1.165, 1.54) is 0 Å². The topological polar surface area (TPSA) is 67.5 Å². The van der Waals surface area contributed by atoms with Crippen LogP contribution >= 0.6 is 11.3 Å². The number of hydrogen-bond acceptors (Lipinski definition) is 5. The number of thiophene rings is 1. The minimum atomic E-state index is -0.188. The number of benzene rings is 1. The molecule has 7 heteroatoms. The molecule has 4 heterocycles. The van der Waals surface area contributed by atoms with Crippen LogP contribution in [-0.4, -0.2) is 22.9 Å². The quantitative estimate of drug-likeness (QED) is 0.737. The number of aromatic amines is 1. The molecule has 1 unspecified atom stereocenters. The van der Waals surface area contributed by atoms with Gasteiger partial charge in [0.1, 0.15) is 5.69 Å². The van der Waals surface area contributed by atoms with Gasteiger partial charge in [0.15, 0.2) is 11.5 Å². The van der Waals surface area contributed by atoms with Gasteiger partial charge in [0, 0.05) is 17.3 Å². The molecule has 6 nitrogen and oxygen atoms in total. The number of hydrogen-bond donors (Lipinski definition) is 1. The van der Waals surface area contributed by atoms with Crippen molar-refractivity contribution in [3.8, 4) is 11.5 Å². The van der Waals surface area contributed by atoms with Crippen LogP contribution in [0.5, 0.6) is 11.5 Å². The highest BCUT2D eigenvalue weighted by Crippen LogP contribution is 2.45. The Morgan fingerprint density at radius 2 is 2.15 bits per heavy atom. The lowest BCUT2D eigenvalue weighted by Gasteiger charge is -2.26. The van der Waals surface area contributed by atoms with Gasteiger partial charge < -0.3 is 9.47 Å². The third kappa shape index (κ3) is 2.53. The van der Waals surface area contributed by atoms with Gasteiger partial charge in [0.05, 0.1) is 11.7 Å². The average Bonchev–Trinajstić information content (AvgIpc) is 3.40. The molecule has 27 heavy (non-hydrogen) atoms. The fourth-order valence-electron chi connectivity index (χ4n) is 3.80. The molecular formula is C20H19N3O3S. The second-order valence-electron chi connectivity index (χ2n) is 7.23. The van der Waals surface area contributed by atoms with E-state index in [1.807, 2.05) is 28.5 Å². The molecule has 0 fully saturated rings. The summed E-state index contributed by atoms with van der Waals surface area (Å²) >= 11 is 1.63. The molecule has 0 bridgehead atoms. The first-order valence-corrected chi connectivity index (χ1v) is 9.90. The highest BCUT2D eigenvalue weighted by atomic mass is 32.1. The lowest BCUT2D eigenvalue weighted by atomic mass is 9.97. The lowest BCUT2D eigenvalue weighted by molar-refractivity contribution is 0.0988. The molecule has 1 N–H and O–H groups in total. The fourth-order valence-corrected chi connectivity index (χ4v) is 4.48. The zero-order chi connectivity index (χ0) is 18.5. The maximum Gasteiger partial charge on any atom is 0.277 e. The molecule has 0 saturated carbocycles. The van der Waals surface area contributed by atoms with Gasteiger partial charge in [-0.3, -0.25) is 14.8 Å². The Kier molecular flexibility index (Phi) is 3.72. The monoisotopic (exact) mass is 381 g/mol. The molecule has 2 aliphatic heterocycles. The van der Waals surface area contributed by atoms with Crippen LogP contribution in [0.3, 0.4) is 0 Å².